The Kier molecular flexibility index (Phi) is 6.36. The number of anilines is 1. The predicted octanol–water partition coefficient (Wildman–Crippen LogP) is 2.86. The first-order valence-corrected chi connectivity index (χ1v) is 10.2. The number of benzene rings is 1. The molecule has 1 amide bonds. The lowest BCUT2D eigenvalue weighted by molar-refractivity contribution is 0.0950. The van der Waals surface area contributed by atoms with Gasteiger partial charge in [-0.05, 0) is 47.4 Å². The van der Waals surface area contributed by atoms with Crippen LogP contribution < -0.4 is 16.6 Å². The summed E-state index contributed by atoms with van der Waals surface area (Å²) >= 11 is 0. The van der Waals surface area contributed by atoms with E-state index in [1.807, 2.05) is 42.5 Å². The number of aromatic nitrogens is 3. The van der Waals surface area contributed by atoms with Gasteiger partial charge < -0.3 is 16.0 Å². The topological polar surface area (TPSA) is 114 Å². The number of rotatable bonds is 7. The van der Waals surface area contributed by atoms with Crippen molar-refractivity contribution in [2.24, 2.45) is 0 Å². The minimum atomic E-state index is -0.207. The van der Waals surface area contributed by atoms with Crippen LogP contribution in [0, 0.1) is 0 Å². The van der Waals surface area contributed by atoms with Gasteiger partial charge in [0.1, 0.15) is 0 Å². The Hall–Kier alpha value is -4.26. The minimum Gasteiger partial charge on any atom is -0.397 e. The van der Waals surface area contributed by atoms with Crippen molar-refractivity contribution in [3.63, 3.8) is 0 Å². The maximum Gasteiger partial charge on any atom is 0.253 e. The van der Waals surface area contributed by atoms with Gasteiger partial charge in [-0.3, -0.25) is 19.6 Å². The zero-order valence-corrected chi connectivity index (χ0v) is 17.4. The Morgan fingerprint density at radius 1 is 0.938 bits per heavy atom. The van der Waals surface area contributed by atoms with Crippen molar-refractivity contribution in [3.8, 4) is 0 Å². The summed E-state index contributed by atoms with van der Waals surface area (Å²) in [6, 6.07) is 17.1. The van der Waals surface area contributed by atoms with Crippen LogP contribution >= 0.6 is 0 Å². The molecule has 0 unspecified atom stereocenters. The summed E-state index contributed by atoms with van der Waals surface area (Å²) in [5.74, 6) is -0.207. The van der Waals surface area contributed by atoms with Gasteiger partial charge in [-0.15, -0.1) is 0 Å². The number of amides is 1. The van der Waals surface area contributed by atoms with Gasteiger partial charge >= 0.3 is 0 Å². The molecule has 0 spiro atoms. The van der Waals surface area contributed by atoms with E-state index < -0.39 is 0 Å². The molecule has 0 aliphatic heterocycles. The highest BCUT2D eigenvalue weighted by Crippen LogP contribution is 2.13. The van der Waals surface area contributed by atoms with E-state index in [0.29, 0.717) is 30.6 Å². The first-order valence-electron chi connectivity index (χ1n) is 10.2. The van der Waals surface area contributed by atoms with Gasteiger partial charge in [0.2, 0.25) is 0 Å². The maximum absolute atomic E-state index is 12.5. The monoisotopic (exact) mass is 425 g/mol. The third-order valence-electron chi connectivity index (χ3n) is 5.06. The molecule has 7 nitrogen and oxygen atoms in total. The number of nitrogens with zero attached hydrogens (tertiary/aromatic N) is 2. The van der Waals surface area contributed by atoms with Crippen LogP contribution in [0.3, 0.4) is 0 Å². The van der Waals surface area contributed by atoms with Crippen LogP contribution in [0.4, 0.5) is 5.69 Å². The quantitative estimate of drug-likeness (QED) is 0.421. The van der Waals surface area contributed by atoms with Crippen LogP contribution in [0.25, 0.3) is 0 Å². The molecule has 0 fully saturated rings. The van der Waals surface area contributed by atoms with E-state index >= 15 is 0 Å². The Balaban J connectivity index is 1.38. The summed E-state index contributed by atoms with van der Waals surface area (Å²) < 4.78 is 0. The zero-order valence-electron chi connectivity index (χ0n) is 17.4. The fraction of sp³-hybridized carbons (Fsp3) is 0.120. The van der Waals surface area contributed by atoms with E-state index in [2.05, 4.69) is 20.3 Å². The lowest BCUT2D eigenvalue weighted by atomic mass is 10.0. The Bertz CT molecular complexity index is 1260. The van der Waals surface area contributed by atoms with E-state index in [1.54, 1.807) is 36.9 Å². The number of nitrogens with two attached hydrogens (primary N) is 1. The second-order valence-electron chi connectivity index (χ2n) is 7.54. The molecule has 0 aliphatic rings. The molecule has 4 rings (SSSR count). The third kappa shape index (κ3) is 5.46. The van der Waals surface area contributed by atoms with E-state index in [-0.39, 0.29) is 11.5 Å². The standard InChI is InChI=1S/C25H23N5O2/c26-22-7-8-23(29-15-22)16-30-25(32)21-12-19(13-27-14-21)10-17-3-5-18(6-4-17)11-20-2-1-9-28-24(20)31/h1-9,12-15H,10-11,16,26H2,(H,28,31)(H,30,32). The number of nitrogen functional groups attached to an aromatic ring is 1. The zero-order chi connectivity index (χ0) is 22.3. The minimum absolute atomic E-state index is 0.0649. The number of H-pyrrole nitrogens is 1. The van der Waals surface area contributed by atoms with Gasteiger partial charge in [0.15, 0.2) is 0 Å². The van der Waals surface area contributed by atoms with Gasteiger partial charge in [-0.25, -0.2) is 0 Å². The van der Waals surface area contributed by atoms with Crippen LogP contribution in [0.1, 0.15) is 38.3 Å². The molecule has 3 heterocycles. The number of pyridine rings is 3. The van der Waals surface area contributed by atoms with Gasteiger partial charge in [0.05, 0.1) is 29.7 Å². The highest BCUT2D eigenvalue weighted by atomic mass is 16.1. The molecule has 32 heavy (non-hydrogen) atoms. The molecule has 0 radical (unpaired) electrons. The molecule has 1 aromatic carbocycles. The lowest BCUT2D eigenvalue weighted by Crippen LogP contribution is -2.23. The van der Waals surface area contributed by atoms with Crippen molar-refractivity contribution in [3.05, 3.63) is 123 Å². The van der Waals surface area contributed by atoms with E-state index in [0.717, 1.165) is 27.9 Å². The van der Waals surface area contributed by atoms with Crippen molar-refractivity contribution in [2.75, 3.05) is 5.73 Å². The molecule has 7 heteroatoms. The molecule has 4 aromatic rings. The smallest absolute Gasteiger partial charge is 0.253 e. The number of hydrogen-bond acceptors (Lipinski definition) is 5. The summed E-state index contributed by atoms with van der Waals surface area (Å²) in [4.78, 5) is 35.5. The molecule has 0 saturated carbocycles. The molecule has 4 N–H and O–H groups in total. The van der Waals surface area contributed by atoms with Crippen LogP contribution in [-0.4, -0.2) is 20.9 Å². The Morgan fingerprint density at radius 3 is 2.44 bits per heavy atom. The van der Waals surface area contributed by atoms with E-state index in [1.165, 1.54) is 0 Å². The fourth-order valence-electron chi connectivity index (χ4n) is 3.35. The predicted molar refractivity (Wildman–Crippen MR) is 123 cm³/mol. The SMILES string of the molecule is Nc1ccc(CNC(=O)c2cncc(Cc3ccc(Cc4ccc[nH]c4=O)cc3)c2)nc1. The largest absolute Gasteiger partial charge is 0.397 e. The normalized spacial score (nSPS) is 10.6. The second kappa shape index (κ2) is 9.70. The number of nitrogens with one attached hydrogen (secondary N) is 2. The fourth-order valence-corrected chi connectivity index (χ4v) is 3.35. The van der Waals surface area contributed by atoms with Crippen LogP contribution in [0.15, 0.2) is 84.2 Å². The average Bonchev–Trinajstić information content (AvgIpc) is 2.81. The van der Waals surface area contributed by atoms with Crippen LogP contribution in [0.2, 0.25) is 0 Å². The number of carbonyl (C=O) groups is 1. The van der Waals surface area contributed by atoms with Gasteiger partial charge in [-0.1, -0.05) is 30.3 Å². The summed E-state index contributed by atoms with van der Waals surface area (Å²) in [6.45, 7) is 0.315. The molecular weight excluding hydrogens is 402 g/mol. The average molecular weight is 425 g/mol. The van der Waals surface area contributed by atoms with E-state index in [4.69, 9.17) is 5.73 Å². The number of aromatic amines is 1. The first kappa shape index (κ1) is 21.0. The van der Waals surface area contributed by atoms with Crippen LogP contribution in [-0.2, 0) is 19.4 Å². The first-order chi connectivity index (χ1) is 15.6. The van der Waals surface area contributed by atoms with E-state index in [9.17, 15) is 9.59 Å². The van der Waals surface area contributed by atoms with Crippen molar-refractivity contribution in [2.45, 2.75) is 19.4 Å². The van der Waals surface area contributed by atoms with Gasteiger partial charge in [0.25, 0.3) is 11.5 Å². The van der Waals surface area contributed by atoms with Crippen molar-refractivity contribution in [1.29, 1.82) is 0 Å². The summed E-state index contributed by atoms with van der Waals surface area (Å²) in [6.07, 6.45) is 7.74. The summed E-state index contributed by atoms with van der Waals surface area (Å²) in [5.41, 5.74) is 11.2. The Morgan fingerprint density at radius 2 is 1.72 bits per heavy atom. The number of carbonyl (C=O) groups excluding carboxylic acids is 1. The van der Waals surface area contributed by atoms with Crippen LogP contribution in [0.5, 0.6) is 0 Å². The molecule has 0 saturated heterocycles. The summed E-state index contributed by atoms with van der Waals surface area (Å²) in [7, 11) is 0. The second-order valence-corrected chi connectivity index (χ2v) is 7.54. The van der Waals surface area contributed by atoms with Crippen molar-refractivity contribution >= 4 is 11.6 Å². The van der Waals surface area contributed by atoms with Gasteiger partial charge in [0, 0.05) is 30.6 Å². The molecule has 0 bridgehead atoms. The van der Waals surface area contributed by atoms with Gasteiger partial charge in [-0.2, -0.15) is 0 Å². The lowest BCUT2D eigenvalue weighted by Gasteiger charge is -2.08. The number of hydrogen-bond donors (Lipinski definition) is 3. The Labute approximate surface area is 185 Å². The van der Waals surface area contributed by atoms with Crippen molar-refractivity contribution in [1.82, 2.24) is 20.3 Å². The molecule has 160 valence electrons. The molecule has 0 atom stereocenters. The molecular formula is C25H23N5O2. The summed E-state index contributed by atoms with van der Waals surface area (Å²) in [5, 5.41) is 2.85. The maximum atomic E-state index is 12.5. The highest BCUT2D eigenvalue weighted by Gasteiger charge is 2.08. The molecule has 0 aliphatic carbocycles. The highest BCUT2D eigenvalue weighted by molar-refractivity contribution is 5.93. The molecule has 3 aromatic heterocycles. The van der Waals surface area contributed by atoms with Crippen molar-refractivity contribution < 1.29 is 4.79 Å². The third-order valence-corrected chi connectivity index (χ3v) is 5.06.